The number of hydrogen-bond donors (Lipinski definition) is 2. The molecule has 0 saturated carbocycles. The monoisotopic (exact) mass is 448 g/mol. The van der Waals surface area contributed by atoms with Gasteiger partial charge in [0.2, 0.25) is 0 Å². The molecule has 1 rings (SSSR count). The van der Waals surface area contributed by atoms with Crippen LogP contribution in [0.4, 0.5) is 0 Å². The Kier molecular flexibility index (Phi) is 13.7. The molecule has 0 aliphatic carbocycles. The van der Waals surface area contributed by atoms with E-state index in [0.29, 0.717) is 0 Å². The molecule has 1 aromatic rings. The van der Waals surface area contributed by atoms with Crippen molar-refractivity contribution in [2.45, 2.75) is 26.7 Å². The minimum absolute atomic E-state index is 0. The van der Waals surface area contributed by atoms with Gasteiger partial charge < -0.3 is 20.3 Å². The first-order valence-electron chi connectivity index (χ1n) is 8.53. The van der Waals surface area contributed by atoms with Crippen LogP contribution in [0.15, 0.2) is 29.3 Å². The average Bonchev–Trinajstić information content (AvgIpc) is 2.59. The van der Waals surface area contributed by atoms with Gasteiger partial charge in [-0.05, 0) is 37.6 Å². The lowest BCUT2D eigenvalue weighted by Crippen LogP contribution is -2.42. The second-order valence-electron chi connectivity index (χ2n) is 5.42. The van der Waals surface area contributed by atoms with Crippen molar-refractivity contribution >= 4 is 29.9 Å². The number of nitrogens with zero attached hydrogens (tertiary/aromatic N) is 2. The molecule has 1 aromatic carbocycles. The molecule has 0 amide bonds. The smallest absolute Gasteiger partial charge is 0.191 e. The first-order chi connectivity index (χ1) is 11.2. The van der Waals surface area contributed by atoms with Crippen LogP contribution in [0.3, 0.4) is 0 Å². The Labute approximate surface area is 164 Å². The molecule has 0 aliphatic heterocycles. The van der Waals surface area contributed by atoms with Crippen molar-refractivity contribution in [3.63, 3.8) is 0 Å². The second kappa shape index (κ2) is 14.3. The Morgan fingerprint density at radius 3 is 2.46 bits per heavy atom. The van der Waals surface area contributed by atoms with Crippen molar-refractivity contribution in [1.82, 2.24) is 15.5 Å². The number of benzene rings is 1. The van der Waals surface area contributed by atoms with Gasteiger partial charge in [0.05, 0.1) is 7.11 Å². The van der Waals surface area contributed by atoms with Crippen molar-refractivity contribution < 1.29 is 4.74 Å². The van der Waals surface area contributed by atoms with E-state index in [1.165, 1.54) is 12.0 Å². The van der Waals surface area contributed by atoms with E-state index in [4.69, 9.17) is 4.74 Å². The van der Waals surface area contributed by atoms with Crippen LogP contribution < -0.4 is 15.4 Å². The molecule has 5 nitrogen and oxygen atoms in total. The van der Waals surface area contributed by atoms with Gasteiger partial charge in [-0.3, -0.25) is 4.99 Å². The summed E-state index contributed by atoms with van der Waals surface area (Å²) in [6.07, 6.45) is 2.10. The zero-order valence-electron chi connectivity index (χ0n) is 15.5. The van der Waals surface area contributed by atoms with Gasteiger partial charge in [0.15, 0.2) is 5.96 Å². The molecule has 0 radical (unpaired) electrons. The van der Waals surface area contributed by atoms with E-state index in [2.05, 4.69) is 40.4 Å². The highest BCUT2D eigenvalue weighted by Gasteiger charge is 2.04. The Bertz CT molecular complexity index is 468. The van der Waals surface area contributed by atoms with E-state index in [1.54, 1.807) is 7.11 Å². The maximum atomic E-state index is 5.38. The van der Waals surface area contributed by atoms with Gasteiger partial charge in [0.25, 0.3) is 0 Å². The quantitative estimate of drug-likeness (QED) is 0.329. The largest absolute Gasteiger partial charge is 0.496 e. The molecular formula is C18H33IN4O. The third kappa shape index (κ3) is 8.73. The van der Waals surface area contributed by atoms with Crippen LogP contribution in [0, 0.1) is 0 Å². The highest BCUT2D eigenvalue weighted by Crippen LogP contribution is 2.17. The molecule has 0 aromatic heterocycles. The first kappa shape index (κ1) is 23.0. The molecule has 6 heteroatoms. The Balaban J connectivity index is 0.00000529. The maximum Gasteiger partial charge on any atom is 0.191 e. The molecule has 0 bridgehead atoms. The number of aliphatic imine (C=N–C) groups is 1. The van der Waals surface area contributed by atoms with Crippen molar-refractivity contribution in [3.8, 4) is 5.75 Å². The number of ether oxygens (including phenoxy) is 1. The van der Waals surface area contributed by atoms with Crippen molar-refractivity contribution in [2.24, 2.45) is 4.99 Å². The van der Waals surface area contributed by atoms with Gasteiger partial charge >= 0.3 is 0 Å². The van der Waals surface area contributed by atoms with E-state index >= 15 is 0 Å². The number of para-hydroxylation sites is 1. The van der Waals surface area contributed by atoms with Gasteiger partial charge in [-0.25, -0.2) is 0 Å². The van der Waals surface area contributed by atoms with Crippen molar-refractivity contribution in [3.05, 3.63) is 29.8 Å². The molecule has 0 fully saturated rings. The van der Waals surface area contributed by atoms with Crippen LogP contribution in [0.1, 0.15) is 25.8 Å². The molecular weight excluding hydrogens is 415 g/mol. The van der Waals surface area contributed by atoms with E-state index < -0.39 is 0 Å². The molecule has 0 atom stereocenters. The number of nitrogens with one attached hydrogen (secondary N) is 2. The summed E-state index contributed by atoms with van der Waals surface area (Å²) >= 11 is 0. The fourth-order valence-corrected chi connectivity index (χ4v) is 2.52. The van der Waals surface area contributed by atoms with Gasteiger partial charge in [-0.2, -0.15) is 0 Å². The SMILES string of the molecule is CCCN(CC)CCNC(=NC)NCCc1ccccc1OC.I. The van der Waals surface area contributed by atoms with E-state index in [1.807, 2.05) is 25.2 Å². The molecule has 0 saturated heterocycles. The zero-order valence-corrected chi connectivity index (χ0v) is 17.8. The summed E-state index contributed by atoms with van der Waals surface area (Å²) in [6, 6.07) is 8.13. The molecule has 2 N–H and O–H groups in total. The standard InChI is InChI=1S/C18H32N4O.HI/c1-5-14-22(6-2)15-13-21-18(19-3)20-12-11-16-9-7-8-10-17(16)23-4;/h7-10H,5-6,11-15H2,1-4H3,(H2,19,20,21);1H. The normalized spacial score (nSPS) is 11.1. The molecule has 138 valence electrons. The van der Waals surface area contributed by atoms with Gasteiger partial charge in [0.1, 0.15) is 5.75 Å². The number of methoxy groups -OCH3 is 1. The second-order valence-corrected chi connectivity index (χ2v) is 5.42. The molecule has 0 aliphatic rings. The molecule has 24 heavy (non-hydrogen) atoms. The van der Waals surface area contributed by atoms with Crippen LogP contribution in [0.2, 0.25) is 0 Å². The van der Waals surface area contributed by atoms with Gasteiger partial charge in [-0.1, -0.05) is 32.0 Å². The first-order valence-corrected chi connectivity index (χ1v) is 8.53. The van der Waals surface area contributed by atoms with Crippen LogP contribution >= 0.6 is 24.0 Å². The minimum atomic E-state index is 0. The lowest BCUT2D eigenvalue weighted by atomic mass is 10.1. The number of rotatable bonds is 10. The Hall–Kier alpha value is -1.02. The fraction of sp³-hybridized carbons (Fsp3) is 0.611. The highest BCUT2D eigenvalue weighted by molar-refractivity contribution is 14.0. The average molecular weight is 448 g/mol. The van der Waals surface area contributed by atoms with Crippen LogP contribution in [0.5, 0.6) is 5.75 Å². The fourth-order valence-electron chi connectivity index (χ4n) is 2.52. The molecule has 0 spiro atoms. The predicted molar refractivity (Wildman–Crippen MR) is 114 cm³/mol. The lowest BCUT2D eigenvalue weighted by Gasteiger charge is -2.20. The summed E-state index contributed by atoms with van der Waals surface area (Å²) in [5.74, 6) is 1.79. The number of guanidine groups is 1. The van der Waals surface area contributed by atoms with Crippen LogP contribution in [0.25, 0.3) is 0 Å². The van der Waals surface area contributed by atoms with E-state index in [9.17, 15) is 0 Å². The topological polar surface area (TPSA) is 48.9 Å². The molecule has 0 heterocycles. The number of likely N-dealkylation sites (N-methyl/N-ethyl adjacent to an activating group) is 1. The summed E-state index contributed by atoms with van der Waals surface area (Å²) in [6.45, 7) is 9.43. The third-order valence-corrected chi connectivity index (χ3v) is 3.81. The minimum Gasteiger partial charge on any atom is -0.496 e. The molecule has 0 unspecified atom stereocenters. The highest BCUT2D eigenvalue weighted by atomic mass is 127. The summed E-state index contributed by atoms with van der Waals surface area (Å²) in [5.41, 5.74) is 1.21. The third-order valence-electron chi connectivity index (χ3n) is 3.81. The van der Waals surface area contributed by atoms with Gasteiger partial charge in [0, 0.05) is 26.7 Å². The van der Waals surface area contributed by atoms with Crippen LogP contribution in [-0.2, 0) is 6.42 Å². The Morgan fingerprint density at radius 2 is 1.83 bits per heavy atom. The summed E-state index contributed by atoms with van der Waals surface area (Å²) in [5, 5.41) is 6.73. The van der Waals surface area contributed by atoms with Crippen LogP contribution in [-0.4, -0.2) is 57.7 Å². The summed E-state index contributed by atoms with van der Waals surface area (Å²) in [7, 11) is 3.52. The predicted octanol–water partition coefficient (Wildman–Crippen LogP) is 2.75. The van der Waals surface area contributed by atoms with E-state index in [-0.39, 0.29) is 24.0 Å². The van der Waals surface area contributed by atoms with Crippen molar-refractivity contribution in [2.75, 3.05) is 46.9 Å². The Morgan fingerprint density at radius 1 is 1.12 bits per heavy atom. The summed E-state index contributed by atoms with van der Waals surface area (Å²) < 4.78 is 5.38. The van der Waals surface area contributed by atoms with E-state index in [0.717, 1.165) is 50.9 Å². The zero-order chi connectivity index (χ0) is 16.9. The van der Waals surface area contributed by atoms with Gasteiger partial charge in [-0.15, -0.1) is 24.0 Å². The lowest BCUT2D eigenvalue weighted by molar-refractivity contribution is 0.293. The number of hydrogen-bond acceptors (Lipinski definition) is 3. The summed E-state index contributed by atoms with van der Waals surface area (Å²) in [4.78, 5) is 6.71. The number of halogens is 1. The van der Waals surface area contributed by atoms with Crippen molar-refractivity contribution in [1.29, 1.82) is 0 Å². The maximum absolute atomic E-state index is 5.38.